The molecule has 0 spiro atoms. The average Bonchev–Trinajstić information content (AvgIpc) is 3.22. The van der Waals surface area contributed by atoms with Crippen molar-refractivity contribution in [3.63, 3.8) is 0 Å². The number of nitrogens with zero attached hydrogens (tertiary/aromatic N) is 3. The summed E-state index contributed by atoms with van der Waals surface area (Å²) < 4.78 is 28.7. The Morgan fingerprint density at radius 3 is 2.45 bits per heavy atom. The van der Waals surface area contributed by atoms with E-state index in [2.05, 4.69) is 16.8 Å². The van der Waals surface area contributed by atoms with Crippen LogP contribution in [0.15, 0.2) is 46.7 Å². The van der Waals surface area contributed by atoms with Gasteiger partial charge >= 0.3 is 0 Å². The van der Waals surface area contributed by atoms with Crippen molar-refractivity contribution in [1.29, 1.82) is 0 Å². The third-order valence-electron chi connectivity index (χ3n) is 7.35. The highest BCUT2D eigenvalue weighted by Gasteiger charge is 2.57. The number of aliphatic hydroxyl groups excluding tert-OH is 1. The summed E-state index contributed by atoms with van der Waals surface area (Å²) >= 11 is 0. The number of hydrogen-bond acceptors (Lipinski definition) is 4. The molecule has 5 nitrogen and oxygen atoms in total. The van der Waals surface area contributed by atoms with E-state index >= 15 is 0 Å². The molecule has 2 aliphatic rings. The smallest absolute Gasteiger partial charge is 0.229 e. The number of carbonyl (C=O) groups is 1. The van der Waals surface area contributed by atoms with E-state index in [1.54, 1.807) is 11.0 Å². The van der Waals surface area contributed by atoms with Crippen LogP contribution < -0.4 is 0 Å². The van der Waals surface area contributed by atoms with Gasteiger partial charge < -0.3 is 10.0 Å². The summed E-state index contributed by atoms with van der Waals surface area (Å²) in [5.74, 6) is -1.47. The van der Waals surface area contributed by atoms with Gasteiger partial charge in [-0.25, -0.2) is 8.78 Å². The predicted molar refractivity (Wildman–Crippen MR) is 116 cm³/mol. The lowest BCUT2D eigenvalue weighted by molar-refractivity contribution is -0.146. The Morgan fingerprint density at radius 2 is 1.90 bits per heavy atom. The van der Waals surface area contributed by atoms with Crippen molar-refractivity contribution in [2.75, 3.05) is 20.1 Å². The molecule has 1 saturated carbocycles. The van der Waals surface area contributed by atoms with Crippen LogP contribution in [-0.2, 0) is 4.79 Å². The van der Waals surface area contributed by atoms with Gasteiger partial charge in [-0.15, -0.1) is 0 Å². The van der Waals surface area contributed by atoms with Gasteiger partial charge in [0.05, 0.1) is 22.8 Å². The molecule has 0 bridgehead atoms. The molecule has 1 aromatic rings. The van der Waals surface area contributed by atoms with Gasteiger partial charge in [-0.2, -0.15) is 10.2 Å². The van der Waals surface area contributed by atoms with E-state index in [1.807, 2.05) is 20.8 Å². The third kappa shape index (κ3) is 4.07. The van der Waals surface area contributed by atoms with Crippen LogP contribution in [0.5, 0.6) is 0 Å². The van der Waals surface area contributed by atoms with Gasteiger partial charge in [0.15, 0.2) is 0 Å². The first-order valence-electron chi connectivity index (χ1n) is 10.6. The fourth-order valence-electron chi connectivity index (χ4n) is 5.08. The Kier molecular flexibility index (Phi) is 6.46. The summed E-state index contributed by atoms with van der Waals surface area (Å²) in [6.07, 6.45) is 3.10. The normalized spacial score (nSPS) is 28.5. The fourth-order valence-corrected chi connectivity index (χ4v) is 5.08. The SMILES string of the molecule is C=C(/C=C(\N=NC)c1c(F)cccc1F)C1CCC(C)(C(=O)N2CC[C@@H](O)C2)C1(C)C. The van der Waals surface area contributed by atoms with Gasteiger partial charge in [0, 0.05) is 20.1 Å². The van der Waals surface area contributed by atoms with Gasteiger partial charge in [-0.3, -0.25) is 4.79 Å². The predicted octanol–water partition coefficient (Wildman–Crippen LogP) is 4.98. The molecule has 0 radical (unpaired) electrons. The minimum Gasteiger partial charge on any atom is -0.391 e. The molecule has 3 rings (SSSR count). The lowest BCUT2D eigenvalue weighted by atomic mass is 9.63. The number of likely N-dealkylation sites (tertiary alicyclic amines) is 1. The molecule has 1 N–H and O–H groups in total. The van der Waals surface area contributed by atoms with E-state index in [4.69, 9.17) is 0 Å². The number of β-amino-alcohol motifs (C(OH)–C–C–N with tert-alkyl or cyclic N) is 1. The van der Waals surface area contributed by atoms with Crippen molar-refractivity contribution in [2.45, 2.75) is 46.1 Å². The number of carbonyl (C=O) groups excluding carboxylic acids is 1. The molecular formula is C24H31F2N3O2. The standard InChI is InChI=1S/C24H31F2N3O2/c1-15(13-20(28-27-5)21-18(25)7-6-8-19(21)26)17-9-11-24(4,23(17,2)3)22(31)29-12-10-16(30)14-29/h6-8,13,16-17,30H,1,9-12,14H2,2-5H3/b20-13-,28-27?/t16-,17?,24?/m1/s1. The highest BCUT2D eigenvalue weighted by molar-refractivity contribution is 5.84. The number of hydrogen-bond donors (Lipinski definition) is 1. The summed E-state index contributed by atoms with van der Waals surface area (Å²) in [7, 11) is 1.44. The first kappa shape index (κ1) is 23.3. The molecule has 1 amide bonds. The molecule has 2 unspecified atom stereocenters. The molecule has 1 heterocycles. The fraction of sp³-hybridized carbons (Fsp3) is 0.542. The number of rotatable bonds is 5. The summed E-state index contributed by atoms with van der Waals surface area (Å²) in [6.45, 7) is 11.2. The van der Waals surface area contributed by atoms with E-state index in [0.29, 0.717) is 31.5 Å². The first-order chi connectivity index (χ1) is 14.5. The average molecular weight is 432 g/mol. The van der Waals surface area contributed by atoms with Crippen molar-refractivity contribution >= 4 is 11.6 Å². The zero-order chi connectivity index (χ0) is 23.0. The highest BCUT2D eigenvalue weighted by atomic mass is 19.1. The lowest BCUT2D eigenvalue weighted by Crippen LogP contribution is -2.48. The highest BCUT2D eigenvalue weighted by Crippen LogP contribution is 2.59. The van der Waals surface area contributed by atoms with Crippen molar-refractivity contribution < 1.29 is 18.7 Å². The number of benzene rings is 1. The maximum Gasteiger partial charge on any atom is 0.229 e. The molecule has 2 fully saturated rings. The maximum atomic E-state index is 14.4. The first-order valence-corrected chi connectivity index (χ1v) is 10.6. The van der Waals surface area contributed by atoms with E-state index < -0.39 is 28.6 Å². The van der Waals surface area contributed by atoms with Crippen LogP contribution in [-0.4, -0.2) is 42.2 Å². The Bertz CT molecular complexity index is 921. The second kappa shape index (κ2) is 8.61. The molecule has 1 aliphatic heterocycles. The van der Waals surface area contributed by atoms with Crippen LogP contribution in [0.25, 0.3) is 5.70 Å². The van der Waals surface area contributed by atoms with E-state index in [0.717, 1.165) is 6.42 Å². The van der Waals surface area contributed by atoms with Crippen LogP contribution >= 0.6 is 0 Å². The van der Waals surface area contributed by atoms with Crippen LogP contribution in [0.1, 0.15) is 45.6 Å². The zero-order valence-corrected chi connectivity index (χ0v) is 18.7. The van der Waals surface area contributed by atoms with E-state index in [1.165, 1.54) is 25.2 Å². The van der Waals surface area contributed by atoms with Gasteiger partial charge in [0.25, 0.3) is 0 Å². The van der Waals surface area contributed by atoms with Gasteiger partial charge in [0.2, 0.25) is 5.91 Å². The number of aliphatic hydroxyl groups is 1. The van der Waals surface area contributed by atoms with Gasteiger partial charge in [-0.1, -0.05) is 33.4 Å². The summed E-state index contributed by atoms with van der Waals surface area (Å²) in [5.41, 5.74) is -0.591. The molecule has 1 aliphatic carbocycles. The molecule has 0 aromatic heterocycles. The van der Waals surface area contributed by atoms with Crippen molar-refractivity contribution in [2.24, 2.45) is 27.0 Å². The molecular weight excluding hydrogens is 400 g/mol. The summed E-state index contributed by atoms with van der Waals surface area (Å²) in [5, 5.41) is 17.5. The largest absolute Gasteiger partial charge is 0.391 e. The van der Waals surface area contributed by atoms with E-state index in [9.17, 15) is 18.7 Å². The molecule has 1 saturated heterocycles. The number of allylic oxidation sites excluding steroid dienone is 2. The summed E-state index contributed by atoms with van der Waals surface area (Å²) in [4.78, 5) is 15.1. The number of azo groups is 1. The second-order valence-corrected chi connectivity index (χ2v) is 9.34. The monoisotopic (exact) mass is 431 g/mol. The Balaban J connectivity index is 1.91. The van der Waals surface area contributed by atoms with Gasteiger partial charge in [0.1, 0.15) is 11.6 Å². The Labute approximate surface area is 182 Å². The lowest BCUT2D eigenvalue weighted by Gasteiger charge is -2.42. The topological polar surface area (TPSA) is 65.3 Å². The van der Waals surface area contributed by atoms with Crippen LogP contribution in [0.3, 0.4) is 0 Å². The van der Waals surface area contributed by atoms with Crippen LogP contribution in [0.4, 0.5) is 8.78 Å². The maximum absolute atomic E-state index is 14.4. The van der Waals surface area contributed by atoms with Crippen LogP contribution in [0.2, 0.25) is 0 Å². The number of amides is 1. The molecule has 3 atom stereocenters. The molecule has 7 heteroatoms. The van der Waals surface area contributed by atoms with Crippen molar-refractivity contribution in [3.05, 3.63) is 53.6 Å². The second-order valence-electron chi connectivity index (χ2n) is 9.34. The quantitative estimate of drug-likeness (QED) is 0.528. The van der Waals surface area contributed by atoms with E-state index in [-0.39, 0.29) is 23.1 Å². The van der Waals surface area contributed by atoms with Crippen molar-refractivity contribution in [3.8, 4) is 0 Å². The minimum atomic E-state index is -0.718. The third-order valence-corrected chi connectivity index (χ3v) is 7.35. The Hall–Kier alpha value is -2.41. The molecule has 1 aromatic carbocycles. The Morgan fingerprint density at radius 1 is 1.26 bits per heavy atom. The zero-order valence-electron chi connectivity index (χ0n) is 18.7. The van der Waals surface area contributed by atoms with Crippen molar-refractivity contribution in [1.82, 2.24) is 4.90 Å². The summed E-state index contributed by atoms with van der Waals surface area (Å²) in [6, 6.07) is 3.66. The molecule has 31 heavy (non-hydrogen) atoms. The minimum absolute atomic E-state index is 0.0435. The van der Waals surface area contributed by atoms with Crippen LogP contribution in [0, 0.1) is 28.4 Å². The molecule has 168 valence electrons. The van der Waals surface area contributed by atoms with Gasteiger partial charge in [-0.05, 0) is 54.4 Å². The number of halogens is 2.